The van der Waals surface area contributed by atoms with Gasteiger partial charge in [-0.3, -0.25) is 4.79 Å². The quantitative estimate of drug-likeness (QED) is 0.930. The van der Waals surface area contributed by atoms with Crippen molar-refractivity contribution in [3.8, 4) is 0 Å². The minimum Gasteiger partial charge on any atom is -0.469 e. The highest BCUT2D eigenvalue weighted by atomic mass is 16.3. The minimum atomic E-state index is -0.632. The number of aryl methyl sites for hydroxylation is 2. The average Bonchev–Trinajstić information content (AvgIpc) is 2.83. The summed E-state index contributed by atoms with van der Waals surface area (Å²) in [4.78, 5) is 14.0. The fourth-order valence-corrected chi connectivity index (χ4v) is 2.06. The predicted octanol–water partition coefficient (Wildman–Crippen LogP) is 2.55. The van der Waals surface area contributed by atoms with E-state index in [-0.39, 0.29) is 5.91 Å². The van der Waals surface area contributed by atoms with Crippen LogP contribution in [0.3, 0.4) is 0 Å². The van der Waals surface area contributed by atoms with E-state index in [2.05, 4.69) is 0 Å². The van der Waals surface area contributed by atoms with Crippen molar-refractivity contribution in [2.75, 3.05) is 7.05 Å². The first-order valence-corrected chi connectivity index (χ1v) is 6.59. The van der Waals surface area contributed by atoms with E-state index in [0.29, 0.717) is 6.54 Å². The monoisotopic (exact) mass is 272 g/mol. The molecule has 1 amide bonds. The van der Waals surface area contributed by atoms with Crippen LogP contribution in [-0.2, 0) is 11.3 Å². The Labute approximate surface area is 119 Å². The number of carbonyl (C=O) groups is 1. The van der Waals surface area contributed by atoms with Crippen LogP contribution in [0.4, 0.5) is 0 Å². The molecule has 2 aromatic rings. The molecule has 0 bridgehead atoms. The van der Waals surface area contributed by atoms with Crippen LogP contribution in [-0.4, -0.2) is 17.9 Å². The molecule has 0 saturated heterocycles. The van der Waals surface area contributed by atoms with E-state index in [9.17, 15) is 4.79 Å². The van der Waals surface area contributed by atoms with Crippen molar-refractivity contribution >= 4 is 5.91 Å². The summed E-state index contributed by atoms with van der Waals surface area (Å²) in [6, 6.07) is 8.96. The van der Waals surface area contributed by atoms with Gasteiger partial charge in [-0.2, -0.15) is 0 Å². The first-order valence-electron chi connectivity index (χ1n) is 6.59. The SMILES string of the molecule is Cc1ccc(C(N)C(=O)N(C)Cc2ccoc2C)cc1. The maximum Gasteiger partial charge on any atom is 0.244 e. The number of carbonyl (C=O) groups excluding carboxylic acids is 1. The summed E-state index contributed by atoms with van der Waals surface area (Å²) < 4.78 is 5.23. The van der Waals surface area contributed by atoms with Gasteiger partial charge in [-0.15, -0.1) is 0 Å². The van der Waals surface area contributed by atoms with E-state index in [1.54, 1.807) is 18.2 Å². The van der Waals surface area contributed by atoms with E-state index in [0.717, 1.165) is 22.5 Å². The van der Waals surface area contributed by atoms with E-state index < -0.39 is 6.04 Å². The molecule has 1 unspecified atom stereocenters. The molecule has 0 spiro atoms. The Hall–Kier alpha value is -2.07. The summed E-state index contributed by atoms with van der Waals surface area (Å²) in [5.41, 5.74) is 9.02. The molecule has 0 aliphatic heterocycles. The molecule has 1 aromatic carbocycles. The molecule has 20 heavy (non-hydrogen) atoms. The lowest BCUT2D eigenvalue weighted by molar-refractivity contribution is -0.132. The molecule has 0 aliphatic rings. The molecule has 1 atom stereocenters. The predicted molar refractivity (Wildman–Crippen MR) is 78.0 cm³/mol. The van der Waals surface area contributed by atoms with Gasteiger partial charge in [0.2, 0.25) is 5.91 Å². The molecular formula is C16H20N2O2. The van der Waals surface area contributed by atoms with E-state index in [1.807, 2.05) is 44.2 Å². The third-order valence-corrected chi connectivity index (χ3v) is 3.45. The van der Waals surface area contributed by atoms with E-state index in [1.165, 1.54) is 0 Å². The van der Waals surface area contributed by atoms with Crippen LogP contribution in [0, 0.1) is 13.8 Å². The van der Waals surface area contributed by atoms with Crippen LogP contribution in [0.25, 0.3) is 0 Å². The lowest BCUT2D eigenvalue weighted by atomic mass is 10.0. The molecule has 1 heterocycles. The summed E-state index contributed by atoms with van der Waals surface area (Å²) >= 11 is 0. The maximum absolute atomic E-state index is 12.3. The van der Waals surface area contributed by atoms with Crippen LogP contribution in [0.1, 0.15) is 28.5 Å². The van der Waals surface area contributed by atoms with E-state index in [4.69, 9.17) is 10.2 Å². The summed E-state index contributed by atoms with van der Waals surface area (Å²) in [6.45, 7) is 4.39. The molecule has 4 nitrogen and oxygen atoms in total. The first kappa shape index (κ1) is 14.3. The number of hydrogen-bond donors (Lipinski definition) is 1. The Morgan fingerprint density at radius 1 is 1.25 bits per heavy atom. The van der Waals surface area contributed by atoms with Crippen LogP contribution in [0.15, 0.2) is 41.0 Å². The van der Waals surface area contributed by atoms with Gasteiger partial charge >= 0.3 is 0 Å². The van der Waals surface area contributed by atoms with Gasteiger partial charge in [-0.25, -0.2) is 0 Å². The van der Waals surface area contributed by atoms with Gasteiger partial charge < -0.3 is 15.1 Å². The third-order valence-electron chi connectivity index (χ3n) is 3.45. The van der Waals surface area contributed by atoms with Crippen molar-refractivity contribution in [3.05, 3.63) is 59.0 Å². The molecular weight excluding hydrogens is 252 g/mol. The number of nitrogens with zero attached hydrogens (tertiary/aromatic N) is 1. The normalized spacial score (nSPS) is 12.2. The number of rotatable bonds is 4. The summed E-state index contributed by atoms with van der Waals surface area (Å²) in [5.74, 6) is 0.725. The van der Waals surface area contributed by atoms with Crippen molar-refractivity contribution in [1.82, 2.24) is 4.90 Å². The molecule has 4 heteroatoms. The molecule has 2 N–H and O–H groups in total. The van der Waals surface area contributed by atoms with Crippen molar-refractivity contribution in [1.29, 1.82) is 0 Å². The fraction of sp³-hybridized carbons (Fsp3) is 0.312. The van der Waals surface area contributed by atoms with Gasteiger partial charge in [0.25, 0.3) is 0 Å². The fourth-order valence-electron chi connectivity index (χ4n) is 2.06. The van der Waals surface area contributed by atoms with Crippen molar-refractivity contribution in [2.24, 2.45) is 5.73 Å². The van der Waals surface area contributed by atoms with Crippen LogP contribution in [0.2, 0.25) is 0 Å². The zero-order chi connectivity index (χ0) is 14.7. The van der Waals surface area contributed by atoms with Gasteiger partial charge in [-0.1, -0.05) is 29.8 Å². The molecule has 2 rings (SSSR count). The van der Waals surface area contributed by atoms with Gasteiger partial charge in [0.1, 0.15) is 11.8 Å². The molecule has 1 aromatic heterocycles. The highest BCUT2D eigenvalue weighted by Gasteiger charge is 2.20. The highest BCUT2D eigenvalue weighted by molar-refractivity contribution is 5.82. The number of amides is 1. The average molecular weight is 272 g/mol. The molecule has 0 aliphatic carbocycles. The maximum atomic E-state index is 12.3. The molecule has 0 saturated carbocycles. The van der Waals surface area contributed by atoms with Gasteiger partial charge in [0.15, 0.2) is 0 Å². The largest absolute Gasteiger partial charge is 0.469 e. The minimum absolute atomic E-state index is 0.102. The Balaban J connectivity index is 2.06. The van der Waals surface area contributed by atoms with Crippen molar-refractivity contribution in [3.63, 3.8) is 0 Å². The summed E-state index contributed by atoms with van der Waals surface area (Å²) in [5, 5.41) is 0. The van der Waals surface area contributed by atoms with Crippen molar-refractivity contribution < 1.29 is 9.21 Å². The standard InChI is InChI=1S/C16H20N2O2/c1-11-4-6-13(7-5-11)15(17)16(19)18(3)10-14-8-9-20-12(14)2/h4-9,15H,10,17H2,1-3H3. The van der Waals surface area contributed by atoms with Crippen LogP contribution in [0.5, 0.6) is 0 Å². The lowest BCUT2D eigenvalue weighted by Gasteiger charge is -2.21. The highest BCUT2D eigenvalue weighted by Crippen LogP contribution is 2.16. The van der Waals surface area contributed by atoms with Crippen LogP contribution < -0.4 is 5.73 Å². The molecule has 106 valence electrons. The summed E-state index contributed by atoms with van der Waals surface area (Å²) in [6.07, 6.45) is 1.63. The Kier molecular flexibility index (Phi) is 4.25. The zero-order valence-electron chi connectivity index (χ0n) is 12.1. The number of nitrogens with two attached hydrogens (primary N) is 1. The second-order valence-corrected chi connectivity index (χ2v) is 5.08. The number of hydrogen-bond acceptors (Lipinski definition) is 3. The van der Waals surface area contributed by atoms with Gasteiger partial charge in [0.05, 0.1) is 6.26 Å². The Morgan fingerprint density at radius 3 is 2.45 bits per heavy atom. The topological polar surface area (TPSA) is 59.5 Å². The van der Waals surface area contributed by atoms with Crippen molar-refractivity contribution in [2.45, 2.75) is 26.4 Å². The lowest BCUT2D eigenvalue weighted by Crippen LogP contribution is -2.35. The van der Waals surface area contributed by atoms with E-state index >= 15 is 0 Å². The van der Waals surface area contributed by atoms with Crippen LogP contribution >= 0.6 is 0 Å². The number of benzene rings is 1. The number of likely N-dealkylation sites (N-methyl/N-ethyl adjacent to an activating group) is 1. The molecule has 0 fully saturated rings. The first-order chi connectivity index (χ1) is 9.49. The van der Waals surface area contributed by atoms with Gasteiger partial charge in [0, 0.05) is 19.2 Å². The Morgan fingerprint density at radius 2 is 1.90 bits per heavy atom. The molecule has 0 radical (unpaired) electrons. The smallest absolute Gasteiger partial charge is 0.244 e. The Bertz CT molecular complexity index is 587. The third kappa shape index (κ3) is 3.08. The van der Waals surface area contributed by atoms with Gasteiger partial charge in [-0.05, 0) is 25.5 Å². The summed E-state index contributed by atoms with van der Waals surface area (Å²) in [7, 11) is 1.75. The zero-order valence-corrected chi connectivity index (χ0v) is 12.1. The number of furan rings is 1. The second kappa shape index (κ2) is 5.92. The second-order valence-electron chi connectivity index (χ2n) is 5.08.